The van der Waals surface area contributed by atoms with Crippen LogP contribution in [0.25, 0.3) is 0 Å². The molecule has 1 fully saturated rings. The Morgan fingerprint density at radius 1 is 1.13 bits per heavy atom. The molecule has 1 rings (SSSR count). The van der Waals surface area contributed by atoms with Crippen LogP contribution in [-0.4, -0.2) is 5.38 Å². The predicted molar refractivity (Wildman–Crippen MR) is 69.4 cm³/mol. The van der Waals surface area contributed by atoms with Gasteiger partial charge in [0.15, 0.2) is 0 Å². The average Bonchev–Trinajstić information content (AvgIpc) is 2.19. The van der Waals surface area contributed by atoms with E-state index in [4.69, 9.17) is 11.6 Å². The monoisotopic (exact) mass is 230 g/mol. The van der Waals surface area contributed by atoms with E-state index >= 15 is 0 Å². The van der Waals surface area contributed by atoms with Crippen molar-refractivity contribution >= 4 is 11.6 Å². The molecule has 0 heterocycles. The zero-order valence-electron chi connectivity index (χ0n) is 10.8. The molecule has 90 valence electrons. The molecule has 0 radical (unpaired) electrons. The molecule has 1 aliphatic carbocycles. The summed E-state index contributed by atoms with van der Waals surface area (Å²) in [5, 5.41) is 0.389. The van der Waals surface area contributed by atoms with E-state index in [1.807, 2.05) is 0 Å². The van der Waals surface area contributed by atoms with Gasteiger partial charge < -0.3 is 0 Å². The van der Waals surface area contributed by atoms with Crippen LogP contribution in [0.1, 0.15) is 59.8 Å². The number of halogens is 1. The molecule has 0 aromatic heterocycles. The zero-order chi connectivity index (χ0) is 11.4. The zero-order valence-corrected chi connectivity index (χ0v) is 11.6. The molecule has 1 heteroatoms. The van der Waals surface area contributed by atoms with E-state index < -0.39 is 0 Å². The fraction of sp³-hybridized carbons (Fsp3) is 1.00. The van der Waals surface area contributed by atoms with E-state index in [1.54, 1.807) is 0 Å². The Kier molecular flexibility index (Phi) is 5.46. The molecule has 15 heavy (non-hydrogen) atoms. The highest BCUT2D eigenvalue weighted by Gasteiger charge is 2.24. The third kappa shape index (κ3) is 4.34. The quantitative estimate of drug-likeness (QED) is 0.590. The molecular weight excluding hydrogens is 204 g/mol. The Morgan fingerprint density at radius 2 is 1.80 bits per heavy atom. The Hall–Kier alpha value is 0.290. The van der Waals surface area contributed by atoms with Crippen molar-refractivity contribution in [2.45, 2.75) is 65.2 Å². The summed E-state index contributed by atoms with van der Waals surface area (Å²) in [7, 11) is 0. The molecule has 0 bridgehead atoms. The largest absolute Gasteiger partial charge is 0.123 e. The molecule has 0 aliphatic heterocycles. The Morgan fingerprint density at radius 3 is 2.33 bits per heavy atom. The summed E-state index contributed by atoms with van der Waals surface area (Å²) < 4.78 is 0. The highest BCUT2D eigenvalue weighted by atomic mass is 35.5. The minimum atomic E-state index is 0.389. The first-order chi connectivity index (χ1) is 7.00. The fourth-order valence-corrected chi connectivity index (χ4v) is 2.78. The van der Waals surface area contributed by atoms with Crippen LogP contribution in [0, 0.1) is 23.7 Å². The molecule has 4 unspecified atom stereocenters. The molecule has 4 atom stereocenters. The fourth-order valence-electron chi connectivity index (χ4n) is 2.65. The lowest BCUT2D eigenvalue weighted by molar-refractivity contribution is 0.196. The van der Waals surface area contributed by atoms with E-state index in [-0.39, 0.29) is 0 Å². The van der Waals surface area contributed by atoms with Gasteiger partial charge in [-0.2, -0.15) is 0 Å². The third-order valence-electron chi connectivity index (χ3n) is 4.28. The van der Waals surface area contributed by atoms with Crippen LogP contribution in [0.4, 0.5) is 0 Å². The van der Waals surface area contributed by atoms with Crippen LogP contribution in [0.2, 0.25) is 0 Å². The molecule has 0 N–H and O–H groups in total. The third-order valence-corrected chi connectivity index (χ3v) is 5.00. The Bertz CT molecular complexity index is 176. The van der Waals surface area contributed by atoms with Crippen LogP contribution in [0.5, 0.6) is 0 Å². The predicted octanol–water partition coefficient (Wildman–Crippen LogP) is 5.10. The molecule has 0 aromatic rings. The summed E-state index contributed by atoms with van der Waals surface area (Å²) in [6, 6.07) is 0. The van der Waals surface area contributed by atoms with Crippen LogP contribution in [0.3, 0.4) is 0 Å². The summed E-state index contributed by atoms with van der Waals surface area (Å²) in [6.07, 6.45) is 6.87. The lowest BCUT2D eigenvalue weighted by Crippen LogP contribution is -2.21. The van der Waals surface area contributed by atoms with Crippen molar-refractivity contribution in [1.29, 1.82) is 0 Å². The molecule has 0 aromatic carbocycles. The summed E-state index contributed by atoms with van der Waals surface area (Å²) in [5.74, 6) is 3.46. The van der Waals surface area contributed by atoms with Crippen molar-refractivity contribution in [3.05, 3.63) is 0 Å². The van der Waals surface area contributed by atoms with Crippen LogP contribution < -0.4 is 0 Å². The highest BCUT2D eigenvalue weighted by molar-refractivity contribution is 6.20. The standard InChI is InChI=1S/C14H27Cl/c1-10(2)14(15)8-7-13-6-5-11(3)12(4)9-13/h10-14H,5-9H2,1-4H3. The molecular formula is C14H27Cl. The lowest BCUT2D eigenvalue weighted by Gasteiger charge is -2.32. The van der Waals surface area contributed by atoms with Gasteiger partial charge in [0.05, 0.1) is 0 Å². The van der Waals surface area contributed by atoms with Gasteiger partial charge in [-0.05, 0) is 42.9 Å². The number of hydrogen-bond acceptors (Lipinski definition) is 0. The molecule has 1 saturated carbocycles. The van der Waals surface area contributed by atoms with Gasteiger partial charge in [0.25, 0.3) is 0 Å². The molecule has 0 amide bonds. The van der Waals surface area contributed by atoms with Crippen molar-refractivity contribution in [3.63, 3.8) is 0 Å². The van der Waals surface area contributed by atoms with Gasteiger partial charge in [-0.1, -0.05) is 40.5 Å². The summed E-state index contributed by atoms with van der Waals surface area (Å²) in [4.78, 5) is 0. The summed E-state index contributed by atoms with van der Waals surface area (Å²) in [6.45, 7) is 9.27. The van der Waals surface area contributed by atoms with Gasteiger partial charge >= 0.3 is 0 Å². The Labute approximate surface area is 101 Å². The van der Waals surface area contributed by atoms with E-state index in [0.29, 0.717) is 11.3 Å². The maximum atomic E-state index is 6.30. The second-order valence-corrected chi connectivity index (χ2v) is 6.53. The van der Waals surface area contributed by atoms with E-state index in [0.717, 1.165) is 17.8 Å². The van der Waals surface area contributed by atoms with Gasteiger partial charge in [0, 0.05) is 5.38 Å². The topological polar surface area (TPSA) is 0 Å². The smallest absolute Gasteiger partial charge is 0.0359 e. The van der Waals surface area contributed by atoms with Crippen molar-refractivity contribution in [2.24, 2.45) is 23.7 Å². The molecule has 0 nitrogen and oxygen atoms in total. The van der Waals surface area contributed by atoms with Crippen LogP contribution in [-0.2, 0) is 0 Å². The minimum Gasteiger partial charge on any atom is -0.123 e. The summed E-state index contributed by atoms with van der Waals surface area (Å²) >= 11 is 6.30. The van der Waals surface area contributed by atoms with Crippen molar-refractivity contribution in [3.8, 4) is 0 Å². The van der Waals surface area contributed by atoms with Gasteiger partial charge in [-0.25, -0.2) is 0 Å². The molecule has 0 saturated heterocycles. The van der Waals surface area contributed by atoms with Crippen molar-refractivity contribution in [2.75, 3.05) is 0 Å². The van der Waals surface area contributed by atoms with E-state index in [1.165, 1.54) is 32.1 Å². The van der Waals surface area contributed by atoms with Gasteiger partial charge in [-0.3, -0.25) is 0 Å². The van der Waals surface area contributed by atoms with E-state index in [2.05, 4.69) is 27.7 Å². The van der Waals surface area contributed by atoms with Crippen LogP contribution in [0.15, 0.2) is 0 Å². The molecule has 0 spiro atoms. The maximum absolute atomic E-state index is 6.30. The normalized spacial score (nSPS) is 34.4. The first kappa shape index (κ1) is 13.4. The second-order valence-electron chi connectivity index (χ2n) is 5.97. The first-order valence-electron chi connectivity index (χ1n) is 6.64. The second kappa shape index (κ2) is 6.13. The maximum Gasteiger partial charge on any atom is 0.0359 e. The van der Waals surface area contributed by atoms with Crippen molar-refractivity contribution in [1.82, 2.24) is 0 Å². The average molecular weight is 231 g/mol. The van der Waals surface area contributed by atoms with Gasteiger partial charge in [0.1, 0.15) is 0 Å². The first-order valence-corrected chi connectivity index (χ1v) is 7.08. The number of hydrogen-bond donors (Lipinski definition) is 0. The minimum absolute atomic E-state index is 0.389. The molecule has 1 aliphatic rings. The van der Waals surface area contributed by atoms with Crippen molar-refractivity contribution < 1.29 is 0 Å². The van der Waals surface area contributed by atoms with E-state index in [9.17, 15) is 0 Å². The SMILES string of the molecule is CC(C)C(Cl)CCC1CCC(C)C(C)C1. The summed E-state index contributed by atoms with van der Waals surface area (Å²) in [5.41, 5.74) is 0. The Balaban J connectivity index is 2.22. The number of rotatable bonds is 4. The van der Waals surface area contributed by atoms with Crippen LogP contribution >= 0.6 is 11.6 Å². The lowest BCUT2D eigenvalue weighted by atomic mass is 9.74. The number of alkyl halides is 1. The van der Waals surface area contributed by atoms with Gasteiger partial charge in [-0.15, -0.1) is 11.6 Å². The highest BCUT2D eigenvalue weighted by Crippen LogP contribution is 2.36. The van der Waals surface area contributed by atoms with Gasteiger partial charge in [0.2, 0.25) is 0 Å².